The van der Waals surface area contributed by atoms with Crippen LogP contribution in [0.25, 0.3) is 11.6 Å². The van der Waals surface area contributed by atoms with Crippen LogP contribution in [0.5, 0.6) is 0 Å². The fourth-order valence-electron chi connectivity index (χ4n) is 2.42. The molecule has 0 aromatic carbocycles. The standard InChI is InChI=1S/C14H15N5O/c1-10-16-9-12(20-10)7-11(8-15)14-18-17-13-5-3-2-4-6-19(13)14/h7,9H,2-6H2,1H3/b11-7-. The molecular weight excluding hydrogens is 254 g/mol. The Hall–Kier alpha value is -2.42. The lowest BCUT2D eigenvalue weighted by Gasteiger charge is -2.05. The molecule has 0 spiro atoms. The summed E-state index contributed by atoms with van der Waals surface area (Å²) in [6.07, 6.45) is 7.61. The van der Waals surface area contributed by atoms with Gasteiger partial charge in [0.15, 0.2) is 11.7 Å². The van der Waals surface area contributed by atoms with Gasteiger partial charge in [0, 0.05) is 26.0 Å². The second-order valence-corrected chi connectivity index (χ2v) is 4.85. The molecule has 0 radical (unpaired) electrons. The highest BCUT2D eigenvalue weighted by Gasteiger charge is 2.18. The number of aryl methyl sites for hydroxylation is 2. The van der Waals surface area contributed by atoms with Crippen LogP contribution in [0.15, 0.2) is 10.6 Å². The zero-order chi connectivity index (χ0) is 13.9. The lowest BCUT2D eigenvalue weighted by atomic mass is 10.2. The number of rotatable bonds is 2. The van der Waals surface area contributed by atoms with Crippen molar-refractivity contribution in [2.24, 2.45) is 0 Å². The zero-order valence-corrected chi connectivity index (χ0v) is 11.3. The maximum Gasteiger partial charge on any atom is 0.191 e. The van der Waals surface area contributed by atoms with E-state index in [-0.39, 0.29) is 0 Å². The van der Waals surface area contributed by atoms with Gasteiger partial charge in [-0.2, -0.15) is 5.26 Å². The normalized spacial score (nSPS) is 15.5. The van der Waals surface area contributed by atoms with Crippen molar-refractivity contribution in [1.29, 1.82) is 5.26 Å². The van der Waals surface area contributed by atoms with Gasteiger partial charge in [-0.25, -0.2) is 4.98 Å². The van der Waals surface area contributed by atoms with Crippen LogP contribution in [0.2, 0.25) is 0 Å². The molecule has 6 heteroatoms. The van der Waals surface area contributed by atoms with E-state index in [1.165, 1.54) is 6.42 Å². The summed E-state index contributed by atoms with van der Waals surface area (Å²) in [7, 11) is 0. The molecule has 2 aromatic heterocycles. The van der Waals surface area contributed by atoms with E-state index in [4.69, 9.17) is 4.42 Å². The fourth-order valence-corrected chi connectivity index (χ4v) is 2.42. The molecule has 102 valence electrons. The molecule has 0 unspecified atom stereocenters. The number of oxazole rings is 1. The summed E-state index contributed by atoms with van der Waals surface area (Å²) in [5.41, 5.74) is 0.460. The highest BCUT2D eigenvalue weighted by atomic mass is 16.3. The first kappa shape index (κ1) is 12.6. The average molecular weight is 269 g/mol. The molecule has 0 atom stereocenters. The number of aromatic nitrogens is 4. The van der Waals surface area contributed by atoms with Gasteiger partial charge in [-0.15, -0.1) is 10.2 Å². The van der Waals surface area contributed by atoms with Crippen molar-refractivity contribution in [2.75, 3.05) is 0 Å². The molecule has 0 amide bonds. The maximum absolute atomic E-state index is 9.38. The summed E-state index contributed by atoms with van der Waals surface area (Å²) in [6.45, 7) is 2.64. The van der Waals surface area contributed by atoms with Crippen LogP contribution in [0.4, 0.5) is 0 Å². The second kappa shape index (κ2) is 5.29. The lowest BCUT2D eigenvalue weighted by molar-refractivity contribution is 0.513. The number of hydrogen-bond acceptors (Lipinski definition) is 5. The van der Waals surface area contributed by atoms with Gasteiger partial charge in [0.25, 0.3) is 0 Å². The quantitative estimate of drug-likeness (QED) is 0.782. The molecule has 0 N–H and O–H groups in total. The van der Waals surface area contributed by atoms with Crippen LogP contribution >= 0.6 is 0 Å². The number of hydrogen-bond donors (Lipinski definition) is 0. The van der Waals surface area contributed by atoms with E-state index in [0.717, 1.165) is 31.6 Å². The van der Waals surface area contributed by atoms with E-state index in [1.807, 2.05) is 4.57 Å². The Morgan fingerprint density at radius 1 is 1.40 bits per heavy atom. The average Bonchev–Trinajstić information content (AvgIpc) is 2.96. The molecular formula is C14H15N5O. The number of allylic oxidation sites excluding steroid dienone is 1. The molecule has 0 aliphatic carbocycles. The minimum atomic E-state index is 0.460. The van der Waals surface area contributed by atoms with Crippen LogP contribution in [0, 0.1) is 18.3 Å². The predicted octanol–water partition coefficient (Wildman–Crippen LogP) is 2.37. The first-order valence-corrected chi connectivity index (χ1v) is 6.74. The van der Waals surface area contributed by atoms with Crippen molar-refractivity contribution < 1.29 is 4.42 Å². The first-order valence-electron chi connectivity index (χ1n) is 6.74. The highest BCUT2D eigenvalue weighted by Crippen LogP contribution is 2.21. The van der Waals surface area contributed by atoms with Crippen molar-refractivity contribution >= 4 is 11.6 Å². The molecule has 1 aliphatic rings. The molecule has 0 bridgehead atoms. The molecule has 6 nitrogen and oxygen atoms in total. The minimum Gasteiger partial charge on any atom is -0.442 e. The second-order valence-electron chi connectivity index (χ2n) is 4.85. The fraction of sp³-hybridized carbons (Fsp3) is 0.429. The van der Waals surface area contributed by atoms with Gasteiger partial charge in [-0.3, -0.25) is 0 Å². The third-order valence-corrected chi connectivity index (χ3v) is 3.40. The van der Waals surface area contributed by atoms with Gasteiger partial charge in [0.2, 0.25) is 0 Å². The lowest BCUT2D eigenvalue weighted by Crippen LogP contribution is -2.05. The Morgan fingerprint density at radius 3 is 3.05 bits per heavy atom. The van der Waals surface area contributed by atoms with Gasteiger partial charge in [-0.05, 0) is 12.8 Å². The third kappa shape index (κ3) is 2.35. The molecule has 3 heterocycles. The van der Waals surface area contributed by atoms with Crippen molar-refractivity contribution in [3.05, 3.63) is 29.5 Å². The topological polar surface area (TPSA) is 80.5 Å². The number of nitrogens with zero attached hydrogens (tertiary/aromatic N) is 5. The van der Waals surface area contributed by atoms with Gasteiger partial charge < -0.3 is 8.98 Å². The van der Waals surface area contributed by atoms with Crippen LogP contribution in [-0.4, -0.2) is 19.7 Å². The molecule has 2 aromatic rings. The Bertz CT molecular complexity index is 689. The molecule has 3 rings (SSSR count). The van der Waals surface area contributed by atoms with Crippen LogP contribution in [-0.2, 0) is 13.0 Å². The number of fused-ring (bicyclic) bond motifs is 1. The van der Waals surface area contributed by atoms with Crippen LogP contribution in [0.1, 0.15) is 42.6 Å². The van der Waals surface area contributed by atoms with Crippen molar-refractivity contribution in [3.63, 3.8) is 0 Å². The monoisotopic (exact) mass is 269 g/mol. The summed E-state index contributed by atoms with van der Waals surface area (Å²) >= 11 is 0. The Kier molecular flexibility index (Phi) is 3.33. The Balaban J connectivity index is 2.00. The summed E-state index contributed by atoms with van der Waals surface area (Å²) in [6, 6.07) is 2.18. The van der Waals surface area contributed by atoms with Crippen molar-refractivity contribution in [2.45, 2.75) is 39.2 Å². The zero-order valence-electron chi connectivity index (χ0n) is 11.3. The summed E-state index contributed by atoms with van der Waals surface area (Å²) in [4.78, 5) is 4.02. The van der Waals surface area contributed by atoms with Crippen LogP contribution in [0.3, 0.4) is 0 Å². The molecule has 0 saturated carbocycles. The van der Waals surface area contributed by atoms with Gasteiger partial charge in [0.1, 0.15) is 23.2 Å². The van der Waals surface area contributed by atoms with E-state index in [2.05, 4.69) is 21.3 Å². The SMILES string of the molecule is Cc1ncc(/C=C(/C#N)c2nnc3n2CCCCC3)o1. The molecule has 0 saturated heterocycles. The summed E-state index contributed by atoms with van der Waals surface area (Å²) in [5.74, 6) is 2.73. The van der Waals surface area contributed by atoms with Crippen molar-refractivity contribution in [1.82, 2.24) is 19.7 Å². The minimum absolute atomic E-state index is 0.460. The Labute approximate surface area is 116 Å². The molecule has 1 aliphatic heterocycles. The molecule has 20 heavy (non-hydrogen) atoms. The summed E-state index contributed by atoms with van der Waals surface area (Å²) < 4.78 is 7.43. The van der Waals surface area contributed by atoms with Crippen LogP contribution < -0.4 is 0 Å². The smallest absolute Gasteiger partial charge is 0.191 e. The van der Waals surface area contributed by atoms with E-state index in [0.29, 0.717) is 23.0 Å². The number of nitriles is 1. The van der Waals surface area contributed by atoms with E-state index >= 15 is 0 Å². The van der Waals surface area contributed by atoms with Gasteiger partial charge >= 0.3 is 0 Å². The van der Waals surface area contributed by atoms with E-state index in [1.54, 1.807) is 19.2 Å². The highest BCUT2D eigenvalue weighted by molar-refractivity contribution is 5.86. The van der Waals surface area contributed by atoms with Gasteiger partial charge in [0.05, 0.1) is 6.20 Å². The Morgan fingerprint density at radius 2 is 2.30 bits per heavy atom. The predicted molar refractivity (Wildman–Crippen MR) is 72.3 cm³/mol. The first-order chi connectivity index (χ1) is 9.78. The third-order valence-electron chi connectivity index (χ3n) is 3.40. The largest absolute Gasteiger partial charge is 0.442 e. The van der Waals surface area contributed by atoms with E-state index in [9.17, 15) is 5.26 Å². The van der Waals surface area contributed by atoms with Crippen molar-refractivity contribution in [3.8, 4) is 6.07 Å². The molecule has 0 fully saturated rings. The maximum atomic E-state index is 9.38. The van der Waals surface area contributed by atoms with E-state index < -0.39 is 0 Å². The summed E-state index contributed by atoms with van der Waals surface area (Å²) in [5, 5.41) is 17.8. The van der Waals surface area contributed by atoms with Gasteiger partial charge in [-0.1, -0.05) is 6.42 Å².